The average molecular weight is 388 g/mol. The van der Waals surface area contributed by atoms with Gasteiger partial charge in [-0.05, 0) is 37.1 Å². The third-order valence-electron chi connectivity index (χ3n) is 4.56. The summed E-state index contributed by atoms with van der Waals surface area (Å²) >= 11 is 0. The maximum Gasteiger partial charge on any atom is 0.242 e. The van der Waals surface area contributed by atoms with Crippen molar-refractivity contribution in [3.05, 3.63) is 71.3 Å². The molecule has 2 aromatic rings. The van der Waals surface area contributed by atoms with Crippen molar-refractivity contribution in [1.82, 2.24) is 10.2 Å². The number of nitrogens with one attached hydrogen (secondary N) is 1. The Hall–Kier alpha value is -2.76. The van der Waals surface area contributed by atoms with Crippen LogP contribution in [0.15, 0.2) is 48.5 Å². The van der Waals surface area contributed by atoms with Gasteiger partial charge in [0.15, 0.2) is 0 Å². The molecule has 0 spiro atoms. The van der Waals surface area contributed by atoms with E-state index in [1.807, 2.05) is 6.92 Å². The van der Waals surface area contributed by atoms with Crippen molar-refractivity contribution in [2.75, 3.05) is 6.54 Å². The molecule has 2 amide bonds. The molecule has 0 radical (unpaired) electrons. The van der Waals surface area contributed by atoms with Crippen molar-refractivity contribution in [3.63, 3.8) is 0 Å². The Balaban J connectivity index is 2.19. The smallest absolute Gasteiger partial charge is 0.242 e. The Bertz CT molecular complexity index is 793. The molecular formula is C22H26F2N2O2. The molecule has 150 valence electrons. The maximum absolute atomic E-state index is 14.1. The minimum absolute atomic E-state index is 0.00130. The molecule has 0 fully saturated rings. The summed E-state index contributed by atoms with van der Waals surface area (Å²) in [6, 6.07) is 11.0. The van der Waals surface area contributed by atoms with Crippen LogP contribution in [-0.2, 0) is 22.6 Å². The van der Waals surface area contributed by atoms with Gasteiger partial charge in [-0.15, -0.1) is 0 Å². The van der Waals surface area contributed by atoms with E-state index in [9.17, 15) is 18.4 Å². The summed E-state index contributed by atoms with van der Waals surface area (Å²) in [5, 5.41) is 2.81. The van der Waals surface area contributed by atoms with E-state index >= 15 is 0 Å². The highest BCUT2D eigenvalue weighted by Gasteiger charge is 2.26. The number of carbonyl (C=O) groups is 2. The number of hydrogen-bond donors (Lipinski definition) is 1. The first-order valence-corrected chi connectivity index (χ1v) is 9.47. The highest BCUT2D eigenvalue weighted by Crippen LogP contribution is 2.15. The quantitative estimate of drug-likeness (QED) is 0.664. The molecule has 1 unspecified atom stereocenters. The van der Waals surface area contributed by atoms with Gasteiger partial charge in [0.25, 0.3) is 0 Å². The molecular weight excluding hydrogens is 362 g/mol. The Morgan fingerprint density at radius 1 is 1.07 bits per heavy atom. The molecule has 0 aliphatic rings. The van der Waals surface area contributed by atoms with Crippen molar-refractivity contribution >= 4 is 11.8 Å². The van der Waals surface area contributed by atoms with Crippen LogP contribution < -0.4 is 5.32 Å². The molecule has 0 heterocycles. The molecule has 0 aromatic heterocycles. The van der Waals surface area contributed by atoms with Crippen LogP contribution in [0.2, 0.25) is 0 Å². The number of benzene rings is 2. The zero-order chi connectivity index (χ0) is 20.5. The second kappa shape index (κ2) is 10.5. The van der Waals surface area contributed by atoms with Gasteiger partial charge < -0.3 is 10.2 Å². The lowest BCUT2D eigenvalue weighted by Gasteiger charge is -2.29. The van der Waals surface area contributed by atoms with Crippen molar-refractivity contribution in [2.45, 2.75) is 45.7 Å². The fourth-order valence-electron chi connectivity index (χ4n) is 2.81. The highest BCUT2D eigenvalue weighted by atomic mass is 19.1. The molecule has 1 N–H and O–H groups in total. The number of carbonyl (C=O) groups excluding carboxylic acids is 2. The Kier molecular flexibility index (Phi) is 8.11. The zero-order valence-corrected chi connectivity index (χ0v) is 16.3. The van der Waals surface area contributed by atoms with Gasteiger partial charge in [-0.25, -0.2) is 8.78 Å². The zero-order valence-electron chi connectivity index (χ0n) is 16.3. The molecule has 6 heteroatoms. The molecule has 2 aromatic carbocycles. The highest BCUT2D eigenvalue weighted by molar-refractivity contribution is 5.88. The van der Waals surface area contributed by atoms with E-state index in [0.29, 0.717) is 17.7 Å². The van der Waals surface area contributed by atoms with Crippen LogP contribution in [0, 0.1) is 11.6 Å². The average Bonchev–Trinajstić information content (AvgIpc) is 2.68. The van der Waals surface area contributed by atoms with E-state index < -0.39 is 11.9 Å². The van der Waals surface area contributed by atoms with Gasteiger partial charge in [0.1, 0.15) is 17.7 Å². The number of halogens is 2. The van der Waals surface area contributed by atoms with Crippen LogP contribution in [0.1, 0.15) is 37.8 Å². The van der Waals surface area contributed by atoms with E-state index in [-0.39, 0.29) is 30.6 Å². The Morgan fingerprint density at radius 3 is 2.39 bits per heavy atom. The SMILES string of the molecule is CCCCNC(=O)C(C)N(Cc1ccccc1F)C(=O)Cc1ccc(F)cc1. The summed E-state index contributed by atoms with van der Waals surface area (Å²) in [7, 11) is 0. The van der Waals surface area contributed by atoms with E-state index in [4.69, 9.17) is 0 Å². The lowest BCUT2D eigenvalue weighted by Crippen LogP contribution is -2.48. The largest absolute Gasteiger partial charge is 0.354 e. The fraction of sp³-hybridized carbons (Fsp3) is 0.364. The predicted molar refractivity (Wildman–Crippen MR) is 104 cm³/mol. The van der Waals surface area contributed by atoms with Crippen LogP contribution in [-0.4, -0.2) is 29.3 Å². The van der Waals surface area contributed by atoms with Gasteiger partial charge in [0.05, 0.1) is 6.42 Å². The third kappa shape index (κ3) is 6.15. The standard InChI is InChI=1S/C22H26F2N2O2/c1-3-4-13-25-22(28)16(2)26(15-18-7-5-6-8-20(18)24)21(27)14-17-9-11-19(23)12-10-17/h5-12,16H,3-4,13-15H2,1-2H3,(H,25,28). The third-order valence-corrected chi connectivity index (χ3v) is 4.56. The van der Waals surface area contributed by atoms with Crippen LogP contribution in [0.4, 0.5) is 8.78 Å². The van der Waals surface area contributed by atoms with Crippen molar-refractivity contribution in [1.29, 1.82) is 0 Å². The van der Waals surface area contributed by atoms with Crippen LogP contribution >= 0.6 is 0 Å². The summed E-state index contributed by atoms with van der Waals surface area (Å²) in [6.45, 7) is 4.16. The van der Waals surface area contributed by atoms with E-state index in [0.717, 1.165) is 12.8 Å². The van der Waals surface area contributed by atoms with Crippen LogP contribution in [0.5, 0.6) is 0 Å². The van der Waals surface area contributed by atoms with Gasteiger partial charge in [-0.1, -0.05) is 43.7 Å². The number of rotatable bonds is 9. The number of hydrogen-bond acceptors (Lipinski definition) is 2. The van der Waals surface area contributed by atoms with Gasteiger partial charge in [0, 0.05) is 18.7 Å². The summed E-state index contributed by atoms with van der Waals surface area (Å²) in [5.41, 5.74) is 0.965. The van der Waals surface area contributed by atoms with E-state index in [1.54, 1.807) is 25.1 Å². The fourth-order valence-corrected chi connectivity index (χ4v) is 2.81. The molecule has 0 saturated heterocycles. The molecule has 1 atom stereocenters. The molecule has 28 heavy (non-hydrogen) atoms. The molecule has 2 rings (SSSR count). The lowest BCUT2D eigenvalue weighted by atomic mass is 10.1. The molecule has 4 nitrogen and oxygen atoms in total. The second-order valence-electron chi connectivity index (χ2n) is 6.74. The Labute approximate surface area is 164 Å². The van der Waals surface area contributed by atoms with Crippen molar-refractivity contribution in [2.24, 2.45) is 0 Å². The number of amides is 2. The number of unbranched alkanes of at least 4 members (excludes halogenated alkanes) is 1. The molecule has 0 aliphatic heterocycles. The first-order valence-electron chi connectivity index (χ1n) is 9.47. The monoisotopic (exact) mass is 388 g/mol. The summed E-state index contributed by atoms with van der Waals surface area (Å²) in [5.74, 6) is -1.42. The van der Waals surface area contributed by atoms with Gasteiger partial charge in [-0.2, -0.15) is 0 Å². The van der Waals surface area contributed by atoms with E-state index in [1.165, 1.54) is 35.2 Å². The van der Waals surface area contributed by atoms with Crippen LogP contribution in [0.3, 0.4) is 0 Å². The Morgan fingerprint density at radius 2 is 1.75 bits per heavy atom. The molecule has 0 saturated carbocycles. The first kappa shape index (κ1) is 21.5. The van der Waals surface area contributed by atoms with Gasteiger partial charge >= 0.3 is 0 Å². The minimum atomic E-state index is -0.760. The van der Waals surface area contributed by atoms with Crippen molar-refractivity contribution < 1.29 is 18.4 Å². The summed E-state index contributed by atoms with van der Waals surface area (Å²) in [6.07, 6.45) is 1.79. The second-order valence-corrected chi connectivity index (χ2v) is 6.74. The maximum atomic E-state index is 14.1. The first-order chi connectivity index (χ1) is 13.4. The molecule has 0 bridgehead atoms. The van der Waals surface area contributed by atoms with Gasteiger partial charge in [0.2, 0.25) is 11.8 Å². The topological polar surface area (TPSA) is 49.4 Å². The molecule has 0 aliphatic carbocycles. The normalized spacial score (nSPS) is 11.7. The summed E-state index contributed by atoms with van der Waals surface area (Å²) < 4.78 is 27.2. The van der Waals surface area contributed by atoms with Crippen LogP contribution in [0.25, 0.3) is 0 Å². The van der Waals surface area contributed by atoms with E-state index in [2.05, 4.69) is 5.32 Å². The predicted octanol–water partition coefficient (Wildman–Crippen LogP) is 3.84. The van der Waals surface area contributed by atoms with Crippen molar-refractivity contribution in [3.8, 4) is 0 Å². The summed E-state index contributed by atoms with van der Waals surface area (Å²) in [4.78, 5) is 26.8. The van der Waals surface area contributed by atoms with Gasteiger partial charge in [-0.3, -0.25) is 9.59 Å². The number of nitrogens with zero attached hydrogens (tertiary/aromatic N) is 1. The lowest BCUT2D eigenvalue weighted by molar-refractivity contribution is -0.140. The minimum Gasteiger partial charge on any atom is -0.354 e.